The average molecular weight is 501 g/mol. The van der Waals surface area contributed by atoms with Crippen molar-refractivity contribution < 1.29 is 0 Å². The minimum atomic E-state index is 0.485. The topological polar surface area (TPSA) is 9.86 Å². The Morgan fingerprint density at radius 2 is 1.10 bits per heavy atom. The summed E-state index contributed by atoms with van der Waals surface area (Å²) in [6.07, 6.45) is 5.71. The number of benzene rings is 5. The van der Waals surface area contributed by atoms with E-state index in [1.54, 1.807) is 0 Å². The molecule has 0 saturated carbocycles. The van der Waals surface area contributed by atoms with Gasteiger partial charge in [0.15, 0.2) is 0 Å². The molecule has 2 heteroatoms. The SMILES string of the molecule is CC1CC=Cc2c1c1cc(-c3ccc4c(c3)c3ccccc3n4-c3ccccc3)ccc1n2-c1ccccc1. The molecular formula is C37H28N2. The fraction of sp³-hybridized carbons (Fsp3) is 0.0811. The Balaban J connectivity index is 1.36. The van der Waals surface area contributed by atoms with Gasteiger partial charge in [-0.1, -0.05) is 79.7 Å². The van der Waals surface area contributed by atoms with E-state index in [9.17, 15) is 0 Å². The van der Waals surface area contributed by atoms with E-state index in [0.717, 1.165) is 6.42 Å². The van der Waals surface area contributed by atoms with Crippen molar-refractivity contribution in [3.05, 3.63) is 139 Å². The number of fused-ring (bicyclic) bond motifs is 6. The molecule has 186 valence electrons. The fourth-order valence-corrected chi connectivity index (χ4v) is 6.56. The Morgan fingerprint density at radius 1 is 0.538 bits per heavy atom. The first-order valence-corrected chi connectivity index (χ1v) is 13.8. The molecular weight excluding hydrogens is 472 g/mol. The largest absolute Gasteiger partial charge is 0.310 e. The second-order valence-electron chi connectivity index (χ2n) is 10.7. The predicted octanol–water partition coefficient (Wildman–Crippen LogP) is 9.91. The summed E-state index contributed by atoms with van der Waals surface area (Å²) in [5.74, 6) is 0.485. The normalized spacial score (nSPS) is 14.8. The predicted molar refractivity (Wildman–Crippen MR) is 165 cm³/mol. The number of rotatable bonds is 3. The Kier molecular flexibility index (Phi) is 4.90. The molecule has 2 nitrogen and oxygen atoms in total. The zero-order chi connectivity index (χ0) is 25.9. The van der Waals surface area contributed by atoms with E-state index >= 15 is 0 Å². The van der Waals surface area contributed by atoms with Crippen LogP contribution in [-0.2, 0) is 0 Å². The molecule has 0 spiro atoms. The second kappa shape index (κ2) is 8.61. The van der Waals surface area contributed by atoms with Crippen LogP contribution in [0, 0.1) is 0 Å². The lowest BCUT2D eigenvalue weighted by Crippen LogP contribution is -2.02. The maximum atomic E-state index is 2.43. The average Bonchev–Trinajstić information content (AvgIpc) is 3.51. The maximum Gasteiger partial charge on any atom is 0.0541 e. The molecule has 1 aliphatic rings. The van der Waals surface area contributed by atoms with E-state index in [1.165, 1.54) is 66.5 Å². The van der Waals surface area contributed by atoms with Gasteiger partial charge in [-0.15, -0.1) is 0 Å². The molecule has 0 radical (unpaired) electrons. The molecule has 2 heterocycles. The van der Waals surface area contributed by atoms with E-state index < -0.39 is 0 Å². The van der Waals surface area contributed by atoms with E-state index in [2.05, 4.69) is 150 Å². The van der Waals surface area contributed by atoms with Gasteiger partial charge in [-0.25, -0.2) is 0 Å². The molecule has 0 N–H and O–H groups in total. The highest BCUT2D eigenvalue weighted by Gasteiger charge is 2.23. The van der Waals surface area contributed by atoms with Crippen LogP contribution in [0.5, 0.6) is 0 Å². The molecule has 0 saturated heterocycles. The van der Waals surface area contributed by atoms with Crippen molar-refractivity contribution in [3.63, 3.8) is 0 Å². The standard InChI is InChI=1S/C37H28N2/c1-25-11-10-18-36-37(25)32-24-27(20-22-35(32)39(36)29-14-6-3-7-15-29)26-19-21-34-31(23-26)30-16-8-9-17-33(30)38(34)28-12-4-2-5-13-28/h2-10,12-25H,11H2,1H3. The van der Waals surface area contributed by atoms with Crippen molar-refractivity contribution in [3.8, 4) is 22.5 Å². The number of para-hydroxylation sites is 3. The maximum absolute atomic E-state index is 2.43. The van der Waals surface area contributed by atoms with Crippen LogP contribution in [0.25, 0.3) is 61.3 Å². The first-order chi connectivity index (χ1) is 19.3. The molecule has 1 atom stereocenters. The molecule has 0 aliphatic heterocycles. The van der Waals surface area contributed by atoms with Crippen LogP contribution < -0.4 is 0 Å². The highest BCUT2D eigenvalue weighted by Crippen LogP contribution is 2.42. The smallest absolute Gasteiger partial charge is 0.0541 e. The minimum absolute atomic E-state index is 0.485. The van der Waals surface area contributed by atoms with Crippen LogP contribution in [0.15, 0.2) is 127 Å². The van der Waals surface area contributed by atoms with Crippen molar-refractivity contribution in [1.29, 1.82) is 0 Å². The highest BCUT2D eigenvalue weighted by atomic mass is 15.0. The number of hydrogen-bond acceptors (Lipinski definition) is 0. The van der Waals surface area contributed by atoms with Crippen molar-refractivity contribution in [2.75, 3.05) is 0 Å². The molecule has 0 fully saturated rings. The first-order valence-electron chi connectivity index (χ1n) is 13.8. The van der Waals surface area contributed by atoms with Gasteiger partial charge >= 0.3 is 0 Å². The summed E-state index contributed by atoms with van der Waals surface area (Å²) in [7, 11) is 0. The summed E-state index contributed by atoms with van der Waals surface area (Å²) >= 11 is 0. The van der Waals surface area contributed by atoms with Crippen LogP contribution in [0.3, 0.4) is 0 Å². The summed E-state index contributed by atoms with van der Waals surface area (Å²) in [6, 6.07) is 44.1. The van der Waals surface area contributed by atoms with Gasteiger partial charge in [0, 0.05) is 33.2 Å². The number of nitrogens with zero attached hydrogens (tertiary/aromatic N) is 2. The summed E-state index contributed by atoms with van der Waals surface area (Å²) in [6.45, 7) is 2.36. The number of hydrogen-bond donors (Lipinski definition) is 0. The van der Waals surface area contributed by atoms with Gasteiger partial charge in [0.2, 0.25) is 0 Å². The first kappa shape index (κ1) is 22.2. The summed E-state index contributed by atoms with van der Waals surface area (Å²) in [4.78, 5) is 0. The Bertz CT molecular complexity index is 2040. The number of aromatic nitrogens is 2. The number of allylic oxidation sites excluding steroid dienone is 1. The lowest BCUT2D eigenvalue weighted by atomic mass is 9.90. The van der Waals surface area contributed by atoms with Gasteiger partial charge in [0.25, 0.3) is 0 Å². The lowest BCUT2D eigenvalue weighted by Gasteiger charge is -2.16. The molecule has 1 unspecified atom stereocenters. The van der Waals surface area contributed by atoms with Crippen LogP contribution in [-0.4, -0.2) is 9.13 Å². The monoisotopic (exact) mass is 500 g/mol. The lowest BCUT2D eigenvalue weighted by molar-refractivity contribution is 0.773. The van der Waals surface area contributed by atoms with Crippen molar-refractivity contribution in [1.82, 2.24) is 9.13 Å². The molecule has 7 aromatic rings. The van der Waals surface area contributed by atoms with Gasteiger partial charge in [-0.05, 0) is 89.7 Å². The third kappa shape index (κ3) is 3.35. The van der Waals surface area contributed by atoms with Crippen LogP contribution in [0.1, 0.15) is 30.5 Å². The zero-order valence-electron chi connectivity index (χ0n) is 21.9. The van der Waals surface area contributed by atoms with E-state index in [4.69, 9.17) is 0 Å². The molecule has 39 heavy (non-hydrogen) atoms. The van der Waals surface area contributed by atoms with Crippen molar-refractivity contribution in [2.45, 2.75) is 19.3 Å². The van der Waals surface area contributed by atoms with E-state index in [0.29, 0.717) is 5.92 Å². The molecule has 0 bridgehead atoms. The van der Waals surface area contributed by atoms with Crippen LogP contribution >= 0.6 is 0 Å². The summed E-state index contributed by atoms with van der Waals surface area (Å²) in [5.41, 5.74) is 11.4. The second-order valence-corrected chi connectivity index (χ2v) is 10.7. The van der Waals surface area contributed by atoms with E-state index in [1.807, 2.05) is 0 Å². The van der Waals surface area contributed by atoms with Gasteiger partial charge in [0.1, 0.15) is 0 Å². The Hall–Kier alpha value is -4.82. The van der Waals surface area contributed by atoms with E-state index in [-0.39, 0.29) is 0 Å². The molecule has 1 aliphatic carbocycles. The van der Waals surface area contributed by atoms with Crippen LogP contribution in [0.2, 0.25) is 0 Å². The van der Waals surface area contributed by atoms with Gasteiger partial charge in [0.05, 0.1) is 16.6 Å². The highest BCUT2D eigenvalue weighted by molar-refractivity contribution is 6.10. The molecule has 8 rings (SSSR count). The quantitative estimate of drug-likeness (QED) is 0.228. The summed E-state index contributed by atoms with van der Waals surface area (Å²) < 4.78 is 4.80. The Labute approximate surface area is 228 Å². The summed E-state index contributed by atoms with van der Waals surface area (Å²) in [5, 5.41) is 3.92. The van der Waals surface area contributed by atoms with Gasteiger partial charge in [-0.2, -0.15) is 0 Å². The third-order valence-electron chi connectivity index (χ3n) is 8.34. The fourth-order valence-electron chi connectivity index (χ4n) is 6.56. The minimum Gasteiger partial charge on any atom is -0.310 e. The van der Waals surface area contributed by atoms with Crippen molar-refractivity contribution in [2.24, 2.45) is 0 Å². The Morgan fingerprint density at radius 3 is 1.82 bits per heavy atom. The van der Waals surface area contributed by atoms with Crippen LogP contribution in [0.4, 0.5) is 0 Å². The molecule has 0 amide bonds. The van der Waals surface area contributed by atoms with Crippen molar-refractivity contribution >= 4 is 38.8 Å². The zero-order valence-corrected chi connectivity index (χ0v) is 21.9. The van der Waals surface area contributed by atoms with Gasteiger partial charge in [-0.3, -0.25) is 0 Å². The molecule has 2 aromatic heterocycles. The third-order valence-corrected chi connectivity index (χ3v) is 8.34. The molecule has 5 aromatic carbocycles. The van der Waals surface area contributed by atoms with Gasteiger partial charge < -0.3 is 9.13 Å².